The second-order valence-electron chi connectivity index (χ2n) is 12.7. The van der Waals surface area contributed by atoms with Crippen LogP contribution in [-0.4, -0.2) is 4.57 Å². The smallest absolute Gasteiger partial charge is 0.0497 e. The molecule has 1 heterocycles. The molecule has 6 aromatic carbocycles. The molecule has 0 radical (unpaired) electrons. The maximum Gasteiger partial charge on any atom is 0.0497 e. The second kappa shape index (κ2) is 11.1. The largest absolute Gasteiger partial charge is 0.398 e. The van der Waals surface area contributed by atoms with Crippen LogP contribution in [0.5, 0.6) is 0 Å². The van der Waals surface area contributed by atoms with E-state index in [1.165, 1.54) is 55.2 Å². The highest BCUT2D eigenvalue weighted by Gasteiger charge is 2.37. The number of allylic oxidation sites excluding steroid dienone is 3. The Labute approximate surface area is 270 Å². The molecule has 222 valence electrons. The van der Waals surface area contributed by atoms with Gasteiger partial charge in [0.2, 0.25) is 0 Å². The molecule has 0 unspecified atom stereocenters. The molecule has 1 aliphatic rings. The molecule has 2 nitrogen and oxygen atoms in total. The first-order valence-electron chi connectivity index (χ1n) is 16.0. The summed E-state index contributed by atoms with van der Waals surface area (Å²) in [6, 6.07) is 51.9. The number of hydrogen-bond acceptors (Lipinski definition) is 1. The van der Waals surface area contributed by atoms with Crippen LogP contribution >= 0.6 is 0 Å². The summed E-state index contributed by atoms with van der Waals surface area (Å²) in [5, 5.41) is 2.66. The lowest BCUT2D eigenvalue weighted by Gasteiger charge is -2.22. The Morgan fingerprint density at radius 2 is 1.26 bits per heavy atom. The quantitative estimate of drug-likeness (QED) is 0.191. The lowest BCUT2D eigenvalue weighted by Crippen LogP contribution is -2.15. The van der Waals surface area contributed by atoms with E-state index in [-0.39, 0.29) is 5.41 Å². The molecule has 0 saturated heterocycles. The number of nitrogens with two attached hydrogens (primary N) is 1. The van der Waals surface area contributed by atoms with Gasteiger partial charge in [0.25, 0.3) is 0 Å². The first-order chi connectivity index (χ1) is 22.5. The standard InChI is InChI=1S/C44H36N2/c1-44(2)38-19-11-9-17-35(38)36-25-26-41-42(43(36)44)37-18-10-12-20-40(37)46(41)28-27-34(31-15-7-4-8-16-31)29-39(45)33-23-21-32(22-24-33)30-13-5-3-6-14-30/h3-27,29H,28,45H2,1-2H3/b34-27+,39-29-. The van der Waals surface area contributed by atoms with Gasteiger partial charge in [0.05, 0.1) is 0 Å². The van der Waals surface area contributed by atoms with Crippen LogP contribution in [0.4, 0.5) is 0 Å². The van der Waals surface area contributed by atoms with Crippen molar-refractivity contribution >= 4 is 33.1 Å². The van der Waals surface area contributed by atoms with Crippen LogP contribution in [0, 0.1) is 0 Å². The van der Waals surface area contributed by atoms with E-state index in [0.29, 0.717) is 0 Å². The topological polar surface area (TPSA) is 30.9 Å². The van der Waals surface area contributed by atoms with Gasteiger partial charge in [-0.05, 0) is 68.3 Å². The average molecular weight is 593 g/mol. The molecule has 1 aliphatic carbocycles. The van der Waals surface area contributed by atoms with Gasteiger partial charge in [-0.3, -0.25) is 0 Å². The van der Waals surface area contributed by atoms with Crippen molar-refractivity contribution in [2.75, 3.05) is 0 Å². The summed E-state index contributed by atoms with van der Waals surface area (Å²) >= 11 is 0. The summed E-state index contributed by atoms with van der Waals surface area (Å²) in [6.45, 7) is 5.46. The van der Waals surface area contributed by atoms with E-state index in [1.807, 2.05) is 6.07 Å². The monoisotopic (exact) mass is 592 g/mol. The number of hydrogen-bond donors (Lipinski definition) is 1. The van der Waals surface area contributed by atoms with Gasteiger partial charge >= 0.3 is 0 Å². The van der Waals surface area contributed by atoms with E-state index >= 15 is 0 Å². The van der Waals surface area contributed by atoms with Crippen LogP contribution in [0.2, 0.25) is 0 Å². The summed E-state index contributed by atoms with van der Waals surface area (Å²) < 4.78 is 2.46. The van der Waals surface area contributed by atoms with Gasteiger partial charge in [0.1, 0.15) is 0 Å². The molecule has 0 atom stereocenters. The van der Waals surface area contributed by atoms with Gasteiger partial charge in [0, 0.05) is 39.5 Å². The predicted molar refractivity (Wildman–Crippen MR) is 195 cm³/mol. The zero-order chi connectivity index (χ0) is 31.3. The van der Waals surface area contributed by atoms with Gasteiger partial charge in [0.15, 0.2) is 0 Å². The second-order valence-corrected chi connectivity index (χ2v) is 12.7. The van der Waals surface area contributed by atoms with Crippen molar-refractivity contribution in [3.05, 3.63) is 180 Å². The fraction of sp³-hybridized carbons (Fsp3) is 0.0909. The van der Waals surface area contributed by atoms with Crippen molar-refractivity contribution in [1.82, 2.24) is 4.57 Å². The van der Waals surface area contributed by atoms with Gasteiger partial charge in [-0.1, -0.05) is 153 Å². The molecule has 46 heavy (non-hydrogen) atoms. The van der Waals surface area contributed by atoms with Crippen LogP contribution in [0.3, 0.4) is 0 Å². The van der Waals surface area contributed by atoms with E-state index in [0.717, 1.165) is 28.9 Å². The molecular formula is C44H36N2. The number of aromatic nitrogens is 1. The predicted octanol–water partition coefficient (Wildman–Crippen LogP) is 10.9. The van der Waals surface area contributed by atoms with Crippen molar-refractivity contribution in [2.45, 2.75) is 25.8 Å². The van der Waals surface area contributed by atoms with E-state index in [9.17, 15) is 0 Å². The summed E-state index contributed by atoms with van der Waals surface area (Å²) in [5.74, 6) is 0. The summed E-state index contributed by atoms with van der Waals surface area (Å²) in [6.07, 6.45) is 4.44. The van der Waals surface area contributed by atoms with E-state index in [1.54, 1.807) is 0 Å². The maximum absolute atomic E-state index is 6.80. The molecule has 0 aliphatic heterocycles. The Hall–Kier alpha value is -5.60. The fourth-order valence-corrected chi connectivity index (χ4v) is 7.42. The minimum absolute atomic E-state index is 0.0846. The Kier molecular flexibility index (Phi) is 6.73. The Morgan fingerprint density at radius 1 is 0.609 bits per heavy atom. The zero-order valence-electron chi connectivity index (χ0n) is 26.2. The third-order valence-corrected chi connectivity index (χ3v) is 9.69. The Bertz CT molecular complexity index is 2280. The van der Waals surface area contributed by atoms with Crippen LogP contribution in [0.25, 0.3) is 55.3 Å². The minimum atomic E-state index is -0.0846. The molecule has 0 bridgehead atoms. The van der Waals surface area contributed by atoms with Gasteiger partial charge in [-0.2, -0.15) is 0 Å². The third-order valence-electron chi connectivity index (χ3n) is 9.69. The van der Waals surface area contributed by atoms with Crippen molar-refractivity contribution in [2.24, 2.45) is 5.73 Å². The molecule has 0 spiro atoms. The highest BCUT2D eigenvalue weighted by atomic mass is 15.0. The van der Waals surface area contributed by atoms with Crippen molar-refractivity contribution in [1.29, 1.82) is 0 Å². The number of fused-ring (bicyclic) bond motifs is 7. The number of para-hydroxylation sites is 1. The summed E-state index contributed by atoms with van der Waals surface area (Å²) in [4.78, 5) is 0. The van der Waals surface area contributed by atoms with Gasteiger partial charge in [-0.15, -0.1) is 0 Å². The fourth-order valence-electron chi connectivity index (χ4n) is 7.42. The van der Waals surface area contributed by atoms with Crippen molar-refractivity contribution in [3.63, 3.8) is 0 Å². The molecule has 1 aromatic heterocycles. The highest BCUT2D eigenvalue weighted by Crippen LogP contribution is 2.52. The van der Waals surface area contributed by atoms with Crippen LogP contribution in [0.1, 0.15) is 36.1 Å². The first kappa shape index (κ1) is 27.9. The first-order valence-corrected chi connectivity index (χ1v) is 16.0. The SMILES string of the molecule is CC1(C)c2ccccc2-c2ccc3c(c21)c1ccccc1n3C/C=C(\C=C(/N)c1ccc(-c2ccccc2)cc1)c1ccccc1. The lowest BCUT2D eigenvalue weighted by molar-refractivity contribution is 0.666. The third kappa shape index (κ3) is 4.57. The van der Waals surface area contributed by atoms with Crippen molar-refractivity contribution in [3.8, 4) is 22.3 Å². The summed E-state index contributed by atoms with van der Waals surface area (Å²) in [5.41, 5.74) is 21.1. The molecule has 2 heteroatoms. The molecule has 0 fully saturated rings. The van der Waals surface area contributed by atoms with E-state index in [2.05, 4.69) is 170 Å². The molecule has 0 saturated carbocycles. The van der Waals surface area contributed by atoms with Crippen molar-refractivity contribution < 1.29 is 0 Å². The van der Waals surface area contributed by atoms with Gasteiger partial charge in [-0.25, -0.2) is 0 Å². The molecule has 8 rings (SSSR count). The van der Waals surface area contributed by atoms with E-state index < -0.39 is 0 Å². The molecule has 7 aromatic rings. The van der Waals surface area contributed by atoms with Gasteiger partial charge < -0.3 is 10.3 Å². The van der Waals surface area contributed by atoms with Crippen LogP contribution < -0.4 is 5.73 Å². The van der Waals surface area contributed by atoms with Crippen LogP contribution in [0.15, 0.2) is 158 Å². The molecule has 2 N–H and O–H groups in total. The molecule has 0 amide bonds. The summed E-state index contributed by atoms with van der Waals surface area (Å²) in [7, 11) is 0. The zero-order valence-corrected chi connectivity index (χ0v) is 26.2. The highest BCUT2D eigenvalue weighted by molar-refractivity contribution is 6.13. The number of nitrogens with zero attached hydrogens (tertiary/aromatic N) is 1. The Morgan fingerprint density at radius 3 is 2.04 bits per heavy atom. The van der Waals surface area contributed by atoms with E-state index in [4.69, 9.17) is 5.73 Å². The average Bonchev–Trinajstić information content (AvgIpc) is 3.55. The lowest BCUT2D eigenvalue weighted by atomic mass is 9.80. The Balaban J connectivity index is 1.23. The van der Waals surface area contributed by atoms with Crippen LogP contribution in [-0.2, 0) is 12.0 Å². The molecular weight excluding hydrogens is 556 g/mol. The normalized spacial score (nSPS) is 14.0. The number of benzene rings is 6. The number of rotatable bonds is 6. The minimum Gasteiger partial charge on any atom is -0.398 e. The maximum atomic E-state index is 6.80.